The number of rotatable bonds is 6. The molecule has 1 fully saturated rings. The summed E-state index contributed by atoms with van der Waals surface area (Å²) in [7, 11) is 1.70. The highest BCUT2D eigenvalue weighted by molar-refractivity contribution is 5.77. The van der Waals surface area contributed by atoms with E-state index in [-0.39, 0.29) is 5.91 Å². The van der Waals surface area contributed by atoms with Crippen molar-refractivity contribution in [3.8, 4) is 0 Å². The summed E-state index contributed by atoms with van der Waals surface area (Å²) in [6.07, 6.45) is 3.57. The lowest BCUT2D eigenvalue weighted by molar-refractivity contribution is -0.122. The third-order valence-corrected chi connectivity index (χ3v) is 3.39. The van der Waals surface area contributed by atoms with Crippen molar-refractivity contribution in [2.75, 3.05) is 33.2 Å². The zero-order valence-corrected chi connectivity index (χ0v) is 11.5. The number of nitrogens with zero attached hydrogens (tertiary/aromatic N) is 1. The Hall–Kier alpha value is -0.610. The lowest BCUT2D eigenvalue weighted by Crippen LogP contribution is -2.45. The zero-order valence-electron chi connectivity index (χ0n) is 11.5. The molecule has 17 heavy (non-hydrogen) atoms. The molecule has 0 unspecified atom stereocenters. The molecule has 0 saturated carbocycles. The van der Waals surface area contributed by atoms with Crippen LogP contribution in [0, 0.1) is 5.92 Å². The summed E-state index contributed by atoms with van der Waals surface area (Å²) in [4.78, 5) is 13.5. The number of carbonyl (C=O) groups excluding carboxylic acids is 1. The SMILES string of the molecule is CNC(=O)CN1CCC(NCCC(C)C)CC1. The van der Waals surface area contributed by atoms with Crippen molar-refractivity contribution in [3.63, 3.8) is 0 Å². The summed E-state index contributed by atoms with van der Waals surface area (Å²) in [5.74, 6) is 0.895. The minimum Gasteiger partial charge on any atom is -0.358 e. The van der Waals surface area contributed by atoms with Crippen LogP contribution in [0.1, 0.15) is 33.1 Å². The Bertz CT molecular complexity index is 223. The van der Waals surface area contributed by atoms with Crippen LogP contribution in [0.15, 0.2) is 0 Å². The molecule has 4 nitrogen and oxygen atoms in total. The summed E-state index contributed by atoms with van der Waals surface area (Å²) in [6.45, 7) is 8.26. The van der Waals surface area contributed by atoms with E-state index >= 15 is 0 Å². The Labute approximate surface area is 105 Å². The molecule has 4 heteroatoms. The van der Waals surface area contributed by atoms with E-state index in [0.717, 1.165) is 38.4 Å². The smallest absolute Gasteiger partial charge is 0.233 e. The van der Waals surface area contributed by atoms with E-state index in [1.807, 2.05) is 0 Å². The Morgan fingerprint density at radius 3 is 2.53 bits per heavy atom. The van der Waals surface area contributed by atoms with Crippen LogP contribution in [0.3, 0.4) is 0 Å². The number of hydrogen-bond donors (Lipinski definition) is 2. The molecular formula is C13H27N3O. The van der Waals surface area contributed by atoms with E-state index in [0.29, 0.717) is 12.6 Å². The van der Waals surface area contributed by atoms with E-state index in [2.05, 4.69) is 29.4 Å². The van der Waals surface area contributed by atoms with Gasteiger partial charge in [0, 0.05) is 26.2 Å². The van der Waals surface area contributed by atoms with Gasteiger partial charge in [-0.25, -0.2) is 0 Å². The largest absolute Gasteiger partial charge is 0.358 e. The topological polar surface area (TPSA) is 44.4 Å². The zero-order chi connectivity index (χ0) is 12.7. The van der Waals surface area contributed by atoms with Crippen LogP contribution in [0.25, 0.3) is 0 Å². The molecule has 1 saturated heterocycles. The summed E-state index contributed by atoms with van der Waals surface area (Å²) in [5.41, 5.74) is 0. The second-order valence-corrected chi connectivity index (χ2v) is 5.36. The fraction of sp³-hybridized carbons (Fsp3) is 0.923. The summed E-state index contributed by atoms with van der Waals surface area (Å²) >= 11 is 0. The standard InChI is InChI=1S/C13H27N3O/c1-11(2)4-7-15-12-5-8-16(9-6-12)10-13(17)14-3/h11-12,15H,4-10H2,1-3H3,(H,14,17). The first-order valence-electron chi connectivity index (χ1n) is 6.78. The Morgan fingerprint density at radius 2 is 2.00 bits per heavy atom. The number of carbonyl (C=O) groups is 1. The van der Waals surface area contributed by atoms with Gasteiger partial charge < -0.3 is 10.6 Å². The first kappa shape index (κ1) is 14.5. The van der Waals surface area contributed by atoms with E-state index in [9.17, 15) is 4.79 Å². The fourth-order valence-electron chi connectivity index (χ4n) is 2.15. The molecule has 1 heterocycles. The maximum Gasteiger partial charge on any atom is 0.233 e. The third-order valence-electron chi connectivity index (χ3n) is 3.39. The predicted octanol–water partition coefficient (Wildman–Crippen LogP) is 0.833. The fourth-order valence-corrected chi connectivity index (χ4v) is 2.15. The van der Waals surface area contributed by atoms with Crippen molar-refractivity contribution in [3.05, 3.63) is 0 Å². The van der Waals surface area contributed by atoms with Crippen LogP contribution in [-0.2, 0) is 4.79 Å². The molecular weight excluding hydrogens is 214 g/mol. The molecule has 1 aliphatic heterocycles. The van der Waals surface area contributed by atoms with Crippen LogP contribution in [0.4, 0.5) is 0 Å². The lowest BCUT2D eigenvalue weighted by Gasteiger charge is -2.32. The molecule has 1 rings (SSSR count). The molecule has 0 aromatic rings. The van der Waals surface area contributed by atoms with E-state index in [1.54, 1.807) is 7.05 Å². The van der Waals surface area contributed by atoms with Gasteiger partial charge in [-0.1, -0.05) is 13.8 Å². The molecule has 0 radical (unpaired) electrons. The van der Waals surface area contributed by atoms with Crippen molar-refractivity contribution < 1.29 is 4.79 Å². The maximum atomic E-state index is 11.2. The molecule has 0 aliphatic carbocycles. The van der Waals surface area contributed by atoms with Crippen molar-refractivity contribution in [2.45, 2.75) is 39.2 Å². The van der Waals surface area contributed by atoms with Gasteiger partial charge in [0.15, 0.2) is 0 Å². The monoisotopic (exact) mass is 241 g/mol. The van der Waals surface area contributed by atoms with Gasteiger partial charge in [0.05, 0.1) is 6.54 Å². The molecule has 1 amide bonds. The Morgan fingerprint density at radius 1 is 1.35 bits per heavy atom. The quantitative estimate of drug-likeness (QED) is 0.724. The Balaban J connectivity index is 2.11. The van der Waals surface area contributed by atoms with E-state index in [4.69, 9.17) is 0 Å². The van der Waals surface area contributed by atoms with Crippen LogP contribution < -0.4 is 10.6 Å². The van der Waals surface area contributed by atoms with Crippen LogP contribution in [0.5, 0.6) is 0 Å². The number of hydrogen-bond acceptors (Lipinski definition) is 3. The van der Waals surface area contributed by atoms with Crippen molar-refractivity contribution in [1.29, 1.82) is 0 Å². The average Bonchev–Trinajstić information content (AvgIpc) is 2.31. The number of piperidine rings is 1. The van der Waals surface area contributed by atoms with Gasteiger partial charge in [0.25, 0.3) is 0 Å². The molecule has 0 aromatic heterocycles. The average molecular weight is 241 g/mol. The predicted molar refractivity (Wildman–Crippen MR) is 71.0 cm³/mol. The molecule has 100 valence electrons. The van der Waals surface area contributed by atoms with Gasteiger partial charge in [-0.3, -0.25) is 9.69 Å². The molecule has 1 aliphatic rings. The normalized spacial score (nSPS) is 18.6. The first-order valence-corrected chi connectivity index (χ1v) is 6.78. The van der Waals surface area contributed by atoms with Gasteiger partial charge >= 0.3 is 0 Å². The van der Waals surface area contributed by atoms with Crippen molar-refractivity contribution in [1.82, 2.24) is 15.5 Å². The van der Waals surface area contributed by atoms with Crippen molar-refractivity contribution in [2.24, 2.45) is 5.92 Å². The molecule has 2 N–H and O–H groups in total. The van der Waals surface area contributed by atoms with Crippen LogP contribution >= 0.6 is 0 Å². The van der Waals surface area contributed by atoms with Crippen LogP contribution in [0.2, 0.25) is 0 Å². The highest BCUT2D eigenvalue weighted by Gasteiger charge is 2.19. The number of amides is 1. The second kappa shape index (κ2) is 7.67. The summed E-state index contributed by atoms with van der Waals surface area (Å²) in [5, 5.41) is 6.29. The van der Waals surface area contributed by atoms with Gasteiger partial charge in [0.1, 0.15) is 0 Å². The number of nitrogens with one attached hydrogen (secondary N) is 2. The number of likely N-dealkylation sites (N-methyl/N-ethyl adjacent to an activating group) is 1. The minimum absolute atomic E-state index is 0.121. The Kier molecular flexibility index (Phi) is 6.52. The number of likely N-dealkylation sites (tertiary alicyclic amines) is 1. The second-order valence-electron chi connectivity index (χ2n) is 5.36. The maximum absolute atomic E-state index is 11.2. The molecule has 0 spiro atoms. The van der Waals surface area contributed by atoms with Gasteiger partial charge in [-0.05, 0) is 31.7 Å². The molecule has 0 aromatic carbocycles. The third kappa shape index (κ3) is 6.03. The van der Waals surface area contributed by atoms with Gasteiger partial charge in [0.2, 0.25) is 5.91 Å². The summed E-state index contributed by atoms with van der Waals surface area (Å²) < 4.78 is 0. The molecule has 0 atom stereocenters. The van der Waals surface area contributed by atoms with Gasteiger partial charge in [-0.2, -0.15) is 0 Å². The van der Waals surface area contributed by atoms with Gasteiger partial charge in [-0.15, -0.1) is 0 Å². The highest BCUT2D eigenvalue weighted by atomic mass is 16.1. The summed E-state index contributed by atoms with van der Waals surface area (Å²) in [6, 6.07) is 0.648. The van der Waals surface area contributed by atoms with E-state index in [1.165, 1.54) is 6.42 Å². The van der Waals surface area contributed by atoms with E-state index < -0.39 is 0 Å². The van der Waals surface area contributed by atoms with Crippen molar-refractivity contribution >= 4 is 5.91 Å². The highest BCUT2D eigenvalue weighted by Crippen LogP contribution is 2.10. The van der Waals surface area contributed by atoms with Crippen LogP contribution in [-0.4, -0.2) is 50.1 Å². The first-order chi connectivity index (χ1) is 8.11. The minimum atomic E-state index is 0.121. The lowest BCUT2D eigenvalue weighted by atomic mass is 10.0. The molecule has 0 bridgehead atoms.